The lowest BCUT2D eigenvalue weighted by Gasteiger charge is -2.40. The summed E-state index contributed by atoms with van der Waals surface area (Å²) in [5, 5.41) is 17.8. The average molecular weight is 845 g/mol. The maximum absolute atomic E-state index is 13.8. The number of hydrogen-bond acceptors (Lipinski definition) is 10. The van der Waals surface area contributed by atoms with Gasteiger partial charge in [-0.2, -0.15) is 18.4 Å². The molecule has 17 heteroatoms. The fourth-order valence-electron chi connectivity index (χ4n) is 8.12. The molecule has 60 heavy (non-hydrogen) atoms. The van der Waals surface area contributed by atoms with Crippen LogP contribution in [0.4, 0.5) is 35.9 Å². The van der Waals surface area contributed by atoms with Crippen LogP contribution >= 0.6 is 12.2 Å². The van der Waals surface area contributed by atoms with Crippen molar-refractivity contribution >= 4 is 63.7 Å². The van der Waals surface area contributed by atoms with Crippen LogP contribution in [-0.2, 0) is 25.4 Å². The van der Waals surface area contributed by atoms with Crippen molar-refractivity contribution in [3.63, 3.8) is 0 Å². The van der Waals surface area contributed by atoms with Crippen molar-refractivity contribution in [2.45, 2.75) is 82.6 Å². The molecule has 3 saturated heterocycles. The Labute approximate surface area is 351 Å². The quantitative estimate of drug-likeness (QED) is 0.137. The van der Waals surface area contributed by atoms with Gasteiger partial charge in [-0.15, -0.1) is 0 Å². The molecule has 2 atom stereocenters. The lowest BCUT2D eigenvalue weighted by Crippen LogP contribution is -2.55. The van der Waals surface area contributed by atoms with Crippen LogP contribution in [0.25, 0.3) is 0 Å². The van der Waals surface area contributed by atoms with E-state index in [0.717, 1.165) is 60.7 Å². The van der Waals surface area contributed by atoms with Gasteiger partial charge in [-0.1, -0.05) is 13.0 Å². The van der Waals surface area contributed by atoms with Crippen LogP contribution < -0.4 is 30.5 Å². The van der Waals surface area contributed by atoms with Gasteiger partial charge in [-0.25, -0.2) is 0 Å². The summed E-state index contributed by atoms with van der Waals surface area (Å²) in [6.07, 6.45) is -1.33. The van der Waals surface area contributed by atoms with Crippen LogP contribution in [-0.4, -0.2) is 95.5 Å². The zero-order valence-electron chi connectivity index (χ0n) is 33.6. The Morgan fingerprint density at radius 1 is 1.02 bits per heavy atom. The van der Waals surface area contributed by atoms with Crippen molar-refractivity contribution in [2.75, 3.05) is 59.8 Å². The molecule has 3 N–H and O–H groups in total. The molecule has 3 aromatic carbocycles. The predicted octanol–water partition coefficient (Wildman–Crippen LogP) is 6.00. The van der Waals surface area contributed by atoms with Gasteiger partial charge in [0.05, 0.1) is 29.4 Å². The third-order valence-corrected chi connectivity index (χ3v) is 11.9. The molecule has 1 saturated carbocycles. The van der Waals surface area contributed by atoms with Gasteiger partial charge in [0.1, 0.15) is 23.9 Å². The summed E-state index contributed by atoms with van der Waals surface area (Å²) in [5.74, 6) is -0.280. The van der Waals surface area contributed by atoms with E-state index >= 15 is 0 Å². The number of amides is 4. The molecule has 3 aromatic rings. The van der Waals surface area contributed by atoms with E-state index in [4.69, 9.17) is 17.0 Å². The van der Waals surface area contributed by atoms with Gasteiger partial charge in [-0.3, -0.25) is 39.2 Å². The molecule has 2 unspecified atom stereocenters. The Morgan fingerprint density at radius 3 is 2.47 bits per heavy atom. The molecule has 4 amide bonds. The van der Waals surface area contributed by atoms with Crippen LogP contribution in [0, 0.1) is 11.3 Å². The minimum Gasteiger partial charge on any atom is -0.492 e. The lowest BCUT2D eigenvalue weighted by molar-refractivity contribution is -0.138. The SMILES string of the molecule is CCC1CN(CCOc2ccc(N3C(=S)N(c4ccc(C#N)c(C(F)(F)F)c4)C(=O)C3(C)C)cc2C2CC2)CCN1CC(=O)Nc1cccc(NC2CCC(=O)NC2=O)c1. The van der Waals surface area contributed by atoms with E-state index < -0.39 is 34.8 Å². The van der Waals surface area contributed by atoms with E-state index in [2.05, 4.69) is 32.7 Å². The van der Waals surface area contributed by atoms with Crippen molar-refractivity contribution in [1.82, 2.24) is 15.1 Å². The molecule has 0 bridgehead atoms. The molecule has 4 aliphatic rings. The molecule has 3 aliphatic heterocycles. The van der Waals surface area contributed by atoms with Gasteiger partial charge in [0.2, 0.25) is 17.7 Å². The fourth-order valence-corrected chi connectivity index (χ4v) is 8.65. The second-order valence-corrected chi connectivity index (χ2v) is 16.5. The Morgan fingerprint density at radius 2 is 1.77 bits per heavy atom. The molecule has 0 aromatic heterocycles. The number of benzene rings is 3. The molecular weight excluding hydrogens is 798 g/mol. The Balaban J connectivity index is 0.943. The van der Waals surface area contributed by atoms with Gasteiger partial charge in [0.15, 0.2) is 5.11 Å². The predicted molar refractivity (Wildman–Crippen MR) is 224 cm³/mol. The second kappa shape index (κ2) is 17.2. The summed E-state index contributed by atoms with van der Waals surface area (Å²) in [6.45, 7) is 9.01. The summed E-state index contributed by atoms with van der Waals surface area (Å²) in [6, 6.07) is 17.2. The number of hydrogen-bond donors (Lipinski definition) is 3. The Bertz CT molecular complexity index is 2240. The maximum Gasteiger partial charge on any atom is 0.417 e. The summed E-state index contributed by atoms with van der Waals surface area (Å²) >= 11 is 5.77. The van der Waals surface area contributed by atoms with E-state index in [0.29, 0.717) is 43.2 Å². The number of imide groups is 1. The minimum atomic E-state index is -4.79. The van der Waals surface area contributed by atoms with E-state index in [9.17, 15) is 37.6 Å². The molecular formula is C43H47F3N8O5S. The molecule has 3 heterocycles. The van der Waals surface area contributed by atoms with Crippen molar-refractivity contribution in [3.8, 4) is 11.8 Å². The molecule has 0 spiro atoms. The number of nitrogens with zero attached hydrogens (tertiary/aromatic N) is 5. The number of piperidine rings is 1. The van der Waals surface area contributed by atoms with Gasteiger partial charge in [0, 0.05) is 55.7 Å². The van der Waals surface area contributed by atoms with Gasteiger partial charge in [0.25, 0.3) is 5.91 Å². The summed E-state index contributed by atoms with van der Waals surface area (Å²) in [7, 11) is 0. The molecule has 13 nitrogen and oxygen atoms in total. The number of piperazine rings is 1. The van der Waals surface area contributed by atoms with E-state index in [1.54, 1.807) is 43.0 Å². The first-order valence-electron chi connectivity index (χ1n) is 20.1. The molecule has 0 radical (unpaired) electrons. The fraction of sp³-hybridized carbons (Fsp3) is 0.442. The molecule has 7 rings (SSSR count). The van der Waals surface area contributed by atoms with Crippen LogP contribution in [0.1, 0.15) is 75.5 Å². The van der Waals surface area contributed by atoms with E-state index in [1.807, 2.05) is 24.3 Å². The first-order chi connectivity index (χ1) is 28.6. The zero-order chi connectivity index (χ0) is 42.9. The number of anilines is 4. The standard InChI is InChI=1S/C43H47F3N8O5S/c1-4-30-24-51(16-17-52(30)25-38(56)49-29-7-5-6-28(20-29)48-35-13-15-37(55)50-39(35)57)18-19-59-36-14-12-32(21-33(36)26-8-9-26)54-41(60)53(40(58)42(54,2)3)31-11-10-27(23-47)34(22-31)43(44,45)46/h5-7,10-12,14,20-22,26,30,35,48H,4,8-9,13,15-19,24-25H2,1-3H3,(H,49,56)(H,50,55,57). The first-order valence-corrected chi connectivity index (χ1v) is 20.5. The van der Waals surface area contributed by atoms with Gasteiger partial charge < -0.3 is 20.3 Å². The highest BCUT2D eigenvalue weighted by Crippen LogP contribution is 2.47. The average Bonchev–Trinajstić information content (AvgIpc) is 4.03. The number of alkyl halides is 3. The topological polar surface area (TPSA) is 150 Å². The monoisotopic (exact) mass is 844 g/mol. The number of nitrogens with one attached hydrogen (secondary N) is 3. The molecule has 1 aliphatic carbocycles. The van der Waals surface area contributed by atoms with Crippen molar-refractivity contribution < 1.29 is 37.1 Å². The normalized spacial score (nSPS) is 21.1. The van der Waals surface area contributed by atoms with Crippen molar-refractivity contribution in [3.05, 3.63) is 77.4 Å². The Hall–Kier alpha value is -5.57. The van der Waals surface area contributed by atoms with E-state index in [1.165, 1.54) is 6.07 Å². The second-order valence-electron chi connectivity index (χ2n) is 16.1. The number of halogens is 3. The van der Waals surface area contributed by atoms with Crippen molar-refractivity contribution in [2.24, 2.45) is 0 Å². The largest absolute Gasteiger partial charge is 0.492 e. The van der Waals surface area contributed by atoms with Crippen LogP contribution in [0.5, 0.6) is 5.75 Å². The van der Waals surface area contributed by atoms with Crippen molar-refractivity contribution in [1.29, 1.82) is 5.26 Å². The molecule has 4 fully saturated rings. The highest BCUT2D eigenvalue weighted by Gasteiger charge is 2.51. The summed E-state index contributed by atoms with van der Waals surface area (Å²) in [4.78, 5) is 57.9. The highest BCUT2D eigenvalue weighted by atomic mass is 32.1. The smallest absolute Gasteiger partial charge is 0.417 e. The number of thiocarbonyl (C=S) groups is 1. The minimum absolute atomic E-state index is 0.0360. The zero-order valence-corrected chi connectivity index (χ0v) is 34.4. The van der Waals surface area contributed by atoms with Gasteiger partial charge >= 0.3 is 6.18 Å². The summed E-state index contributed by atoms with van der Waals surface area (Å²) in [5.41, 5.74) is -0.0720. The van der Waals surface area contributed by atoms with Gasteiger partial charge in [-0.05, 0) is 118 Å². The highest BCUT2D eigenvalue weighted by molar-refractivity contribution is 7.81. The number of nitriles is 1. The maximum atomic E-state index is 13.8. The van der Waals surface area contributed by atoms with Crippen LogP contribution in [0.2, 0.25) is 0 Å². The molecule has 316 valence electrons. The number of carbonyl (C=O) groups excluding carboxylic acids is 4. The first kappa shape index (κ1) is 42.6. The number of carbonyl (C=O) groups is 4. The third kappa shape index (κ3) is 9.10. The third-order valence-electron chi connectivity index (χ3n) is 11.5. The number of rotatable bonds is 13. The number of ether oxygens (including phenoxy) is 1. The lowest BCUT2D eigenvalue weighted by atomic mass is 10.0. The van der Waals surface area contributed by atoms with Crippen LogP contribution in [0.3, 0.4) is 0 Å². The van der Waals surface area contributed by atoms with E-state index in [-0.39, 0.29) is 53.4 Å². The summed E-state index contributed by atoms with van der Waals surface area (Å²) < 4.78 is 47.9. The Kier molecular flexibility index (Phi) is 12.2. The van der Waals surface area contributed by atoms with Crippen LogP contribution in [0.15, 0.2) is 60.7 Å².